The van der Waals surface area contributed by atoms with E-state index >= 15 is 0 Å². The van der Waals surface area contributed by atoms with Crippen molar-refractivity contribution in [1.82, 2.24) is 20.0 Å². The monoisotopic (exact) mass is 430 g/mol. The van der Waals surface area contributed by atoms with Crippen molar-refractivity contribution in [3.05, 3.63) is 0 Å². The van der Waals surface area contributed by atoms with Gasteiger partial charge in [0.2, 0.25) is 0 Å². The quantitative estimate of drug-likeness (QED) is 0.726. The Balaban J connectivity index is 1.31. The summed E-state index contributed by atoms with van der Waals surface area (Å²) in [6, 6.07) is 0.816. The Bertz CT molecular complexity index is 683. The van der Waals surface area contributed by atoms with Gasteiger partial charge in [-0.2, -0.15) is 0 Å². The van der Waals surface area contributed by atoms with Gasteiger partial charge in [0.05, 0.1) is 0 Å². The molecule has 1 N–H and O–H groups in total. The Morgan fingerprint density at radius 2 is 1.45 bits per heavy atom. The molecule has 3 unspecified atom stereocenters. The second kappa shape index (κ2) is 6.93. The lowest BCUT2D eigenvalue weighted by molar-refractivity contribution is -0.130. The van der Waals surface area contributed by atoms with Gasteiger partial charge in [0.1, 0.15) is 0 Å². The number of hydrogen-bond acceptors (Lipinski definition) is 4. The topological polar surface area (TPSA) is 21.8 Å². The van der Waals surface area contributed by atoms with Crippen LogP contribution in [0.15, 0.2) is 0 Å². The first-order valence-electron chi connectivity index (χ1n) is 13.2. The summed E-state index contributed by atoms with van der Waals surface area (Å²) in [6.07, 6.45) is 5.76. The van der Waals surface area contributed by atoms with Crippen LogP contribution in [0.1, 0.15) is 81.1 Å². The summed E-state index contributed by atoms with van der Waals surface area (Å²) in [4.78, 5) is 8.53. The summed E-state index contributed by atoms with van der Waals surface area (Å²) >= 11 is 0. The lowest BCUT2D eigenvalue weighted by atomic mass is 9.67. The Morgan fingerprint density at radius 3 is 1.94 bits per heavy atom. The molecule has 0 radical (unpaired) electrons. The van der Waals surface area contributed by atoms with Gasteiger partial charge in [-0.25, -0.2) is 0 Å². The molecule has 4 nitrogen and oxygen atoms in total. The zero-order chi connectivity index (χ0) is 22.4. The third-order valence-electron chi connectivity index (χ3n) is 9.86. The number of rotatable bonds is 4. The molecule has 0 bridgehead atoms. The largest absolute Gasteiger partial charge is 0.315 e. The molecule has 4 saturated heterocycles. The van der Waals surface area contributed by atoms with E-state index in [-0.39, 0.29) is 5.54 Å². The van der Waals surface area contributed by atoms with E-state index in [1.165, 1.54) is 71.5 Å². The Kier molecular flexibility index (Phi) is 5.06. The highest BCUT2D eigenvalue weighted by Gasteiger charge is 2.65. The molecule has 0 aromatic carbocycles. The third-order valence-corrected chi connectivity index (χ3v) is 9.86. The van der Waals surface area contributed by atoms with Crippen LogP contribution < -0.4 is 5.32 Å². The van der Waals surface area contributed by atoms with Crippen molar-refractivity contribution < 1.29 is 0 Å². The van der Waals surface area contributed by atoms with Crippen LogP contribution in [0.4, 0.5) is 0 Å². The number of hydrogen-bond donors (Lipinski definition) is 1. The van der Waals surface area contributed by atoms with Crippen molar-refractivity contribution in [3.8, 4) is 0 Å². The second-order valence-electron chi connectivity index (χ2n) is 15.0. The Labute approximate surface area is 192 Å². The standard InChI is InChI=1S/C27H50N4/c1-23(2,3)29-13-20(12-25(7,8)30-17-26(18-30)15-28-16-26)11-21(14-29)22-27(9-10-27)19-31(22)24(4,5)6/h20-22,28H,9-19H2,1-8H3. The normalized spacial score (nSPS) is 36.2. The summed E-state index contributed by atoms with van der Waals surface area (Å²) in [5.74, 6) is 1.66. The van der Waals surface area contributed by atoms with Gasteiger partial charge in [-0.1, -0.05) is 0 Å². The van der Waals surface area contributed by atoms with Crippen LogP contribution in [0.25, 0.3) is 0 Å². The van der Waals surface area contributed by atoms with E-state index in [0.717, 1.165) is 17.9 Å². The van der Waals surface area contributed by atoms with E-state index in [0.29, 0.717) is 21.9 Å². The van der Waals surface area contributed by atoms with Gasteiger partial charge >= 0.3 is 0 Å². The van der Waals surface area contributed by atoms with Crippen molar-refractivity contribution in [2.75, 3.05) is 45.8 Å². The molecule has 3 atom stereocenters. The molecule has 1 saturated carbocycles. The average Bonchev–Trinajstić information content (AvgIpc) is 3.29. The summed E-state index contributed by atoms with van der Waals surface area (Å²) in [5.41, 5.74) is 2.21. The molecular formula is C27H50N4. The summed E-state index contributed by atoms with van der Waals surface area (Å²) in [5, 5.41) is 3.50. The molecular weight excluding hydrogens is 380 g/mol. The molecule has 178 valence electrons. The highest BCUT2D eigenvalue weighted by Crippen LogP contribution is 2.62. The Morgan fingerprint density at radius 1 is 0.806 bits per heavy atom. The number of nitrogens with one attached hydrogen (secondary N) is 1. The van der Waals surface area contributed by atoms with Crippen molar-refractivity contribution in [3.63, 3.8) is 0 Å². The van der Waals surface area contributed by atoms with Gasteiger partial charge in [0, 0.05) is 73.9 Å². The number of piperidine rings is 1. The van der Waals surface area contributed by atoms with Crippen molar-refractivity contribution >= 4 is 0 Å². The van der Waals surface area contributed by atoms with Gasteiger partial charge in [-0.15, -0.1) is 0 Å². The zero-order valence-electron chi connectivity index (χ0n) is 21.9. The molecule has 4 heterocycles. The minimum Gasteiger partial charge on any atom is -0.315 e. The predicted octanol–water partition coefficient (Wildman–Crippen LogP) is 4.06. The van der Waals surface area contributed by atoms with E-state index in [4.69, 9.17) is 0 Å². The van der Waals surface area contributed by atoms with Crippen molar-refractivity contribution in [2.45, 2.75) is 104 Å². The summed E-state index contributed by atoms with van der Waals surface area (Å²) in [6.45, 7) is 28.8. The van der Waals surface area contributed by atoms with Gasteiger partial charge in [-0.3, -0.25) is 14.7 Å². The zero-order valence-corrected chi connectivity index (χ0v) is 21.9. The summed E-state index contributed by atoms with van der Waals surface area (Å²) in [7, 11) is 0. The molecule has 1 aliphatic carbocycles. The first-order valence-corrected chi connectivity index (χ1v) is 13.2. The van der Waals surface area contributed by atoms with Gasteiger partial charge in [0.15, 0.2) is 0 Å². The lowest BCUT2D eigenvalue weighted by Crippen LogP contribution is -2.74. The molecule has 5 aliphatic rings. The highest BCUT2D eigenvalue weighted by molar-refractivity contribution is 5.18. The predicted molar refractivity (Wildman–Crippen MR) is 130 cm³/mol. The maximum atomic E-state index is 3.50. The van der Waals surface area contributed by atoms with Crippen molar-refractivity contribution in [1.29, 1.82) is 0 Å². The maximum Gasteiger partial charge on any atom is 0.0210 e. The van der Waals surface area contributed by atoms with Gasteiger partial charge in [0.25, 0.3) is 0 Å². The molecule has 0 aromatic rings. The molecule has 0 amide bonds. The van der Waals surface area contributed by atoms with Crippen LogP contribution in [0.3, 0.4) is 0 Å². The Hall–Kier alpha value is -0.160. The SMILES string of the molecule is CC(C)(C)N1CC(CC(C)(C)N2CC3(CNC3)C2)CC(C2N(C(C)(C)C)CC23CC3)C1. The number of nitrogens with zero attached hydrogens (tertiary/aromatic N) is 3. The van der Waals surface area contributed by atoms with Crippen LogP contribution >= 0.6 is 0 Å². The average molecular weight is 431 g/mol. The van der Waals surface area contributed by atoms with Crippen LogP contribution in [0.2, 0.25) is 0 Å². The second-order valence-corrected chi connectivity index (χ2v) is 15.0. The number of likely N-dealkylation sites (tertiary alicyclic amines) is 3. The van der Waals surface area contributed by atoms with E-state index in [1.54, 1.807) is 0 Å². The first-order chi connectivity index (χ1) is 14.2. The molecule has 5 fully saturated rings. The van der Waals surface area contributed by atoms with Crippen molar-refractivity contribution in [2.24, 2.45) is 22.7 Å². The van der Waals surface area contributed by atoms with Crippen LogP contribution in [-0.4, -0.2) is 83.2 Å². The molecule has 4 heteroatoms. The first kappa shape index (κ1) is 22.6. The lowest BCUT2D eigenvalue weighted by Gasteiger charge is -2.63. The maximum absolute atomic E-state index is 3.50. The van der Waals surface area contributed by atoms with Crippen LogP contribution in [-0.2, 0) is 0 Å². The van der Waals surface area contributed by atoms with Crippen LogP contribution in [0.5, 0.6) is 0 Å². The fraction of sp³-hybridized carbons (Fsp3) is 1.00. The third kappa shape index (κ3) is 3.92. The van der Waals surface area contributed by atoms with Crippen LogP contribution in [0, 0.1) is 22.7 Å². The van der Waals surface area contributed by atoms with Gasteiger partial charge < -0.3 is 5.32 Å². The smallest absolute Gasteiger partial charge is 0.0210 e. The van der Waals surface area contributed by atoms with Gasteiger partial charge in [-0.05, 0) is 98.3 Å². The van der Waals surface area contributed by atoms with E-state index in [9.17, 15) is 0 Å². The van der Waals surface area contributed by atoms with E-state index < -0.39 is 0 Å². The molecule has 31 heavy (non-hydrogen) atoms. The molecule has 5 rings (SSSR count). The fourth-order valence-electron chi connectivity index (χ4n) is 7.67. The molecule has 0 aromatic heterocycles. The molecule has 4 aliphatic heterocycles. The minimum absolute atomic E-state index is 0.270. The van der Waals surface area contributed by atoms with E-state index in [1.807, 2.05) is 0 Å². The summed E-state index contributed by atoms with van der Waals surface area (Å²) < 4.78 is 0. The highest BCUT2D eigenvalue weighted by atomic mass is 15.3. The fourth-order valence-corrected chi connectivity index (χ4v) is 7.67. The minimum atomic E-state index is 0.270. The molecule has 2 spiro atoms. The van der Waals surface area contributed by atoms with E-state index in [2.05, 4.69) is 75.4 Å².